The van der Waals surface area contributed by atoms with E-state index >= 15 is 0 Å². The molecule has 1 saturated heterocycles. The summed E-state index contributed by atoms with van der Waals surface area (Å²) in [6.45, 7) is 10.3. The van der Waals surface area contributed by atoms with Gasteiger partial charge in [-0.25, -0.2) is 0 Å². The summed E-state index contributed by atoms with van der Waals surface area (Å²) >= 11 is 0. The van der Waals surface area contributed by atoms with Crippen LogP contribution in [0.5, 0.6) is 0 Å². The first-order valence-corrected chi connectivity index (χ1v) is 8.62. The summed E-state index contributed by atoms with van der Waals surface area (Å²) in [5.41, 5.74) is 1.65. The monoisotopic (exact) mass is 334 g/mol. The summed E-state index contributed by atoms with van der Waals surface area (Å²) in [4.78, 5) is 16.6. The number of morpholine rings is 1. The number of amides is 1. The van der Waals surface area contributed by atoms with Gasteiger partial charge < -0.3 is 14.7 Å². The Labute approximate surface area is 145 Å². The molecule has 134 valence electrons. The molecule has 0 radical (unpaired) electrons. The van der Waals surface area contributed by atoms with Crippen LogP contribution in [-0.4, -0.2) is 73.4 Å². The Kier molecular flexibility index (Phi) is 6.38. The van der Waals surface area contributed by atoms with Crippen LogP contribution < -0.4 is 0 Å². The Balaban J connectivity index is 1.99. The highest BCUT2D eigenvalue weighted by atomic mass is 16.5. The molecule has 1 unspecified atom stereocenters. The van der Waals surface area contributed by atoms with E-state index in [4.69, 9.17) is 4.74 Å². The van der Waals surface area contributed by atoms with Crippen molar-refractivity contribution < 1.29 is 14.6 Å². The number of ether oxygens (including phenoxy) is 1. The number of β-amino-alcohol motifs (C(OH)–C–C–N with tert-alkyl or cyclic N) is 1. The van der Waals surface area contributed by atoms with Crippen LogP contribution in [0.15, 0.2) is 24.3 Å². The minimum atomic E-state index is -0.557. The average Bonchev–Trinajstić information content (AvgIpc) is 2.54. The lowest BCUT2D eigenvalue weighted by Gasteiger charge is -2.30. The molecule has 1 atom stereocenters. The van der Waals surface area contributed by atoms with Crippen molar-refractivity contribution in [3.8, 4) is 0 Å². The van der Waals surface area contributed by atoms with Gasteiger partial charge in [0.1, 0.15) is 0 Å². The molecule has 24 heavy (non-hydrogen) atoms. The maximum atomic E-state index is 12.8. The zero-order chi connectivity index (χ0) is 17.7. The van der Waals surface area contributed by atoms with Gasteiger partial charge in [-0.1, -0.05) is 39.0 Å². The molecule has 0 bridgehead atoms. The van der Waals surface area contributed by atoms with Crippen LogP contribution in [-0.2, 0) is 10.2 Å². The largest absolute Gasteiger partial charge is 0.390 e. The van der Waals surface area contributed by atoms with E-state index in [1.165, 1.54) is 0 Å². The van der Waals surface area contributed by atoms with E-state index in [0.29, 0.717) is 31.9 Å². The molecule has 1 heterocycles. The summed E-state index contributed by atoms with van der Waals surface area (Å²) < 4.78 is 5.32. The molecule has 2 rings (SSSR count). The van der Waals surface area contributed by atoms with E-state index < -0.39 is 6.10 Å². The Morgan fingerprint density at radius 1 is 1.29 bits per heavy atom. The number of aliphatic hydroxyl groups is 1. The molecule has 1 fully saturated rings. The Morgan fingerprint density at radius 3 is 2.54 bits per heavy atom. The Hall–Kier alpha value is -1.43. The van der Waals surface area contributed by atoms with Crippen LogP contribution in [0.4, 0.5) is 0 Å². The van der Waals surface area contributed by atoms with Crippen molar-refractivity contribution in [3.05, 3.63) is 35.4 Å². The minimum Gasteiger partial charge on any atom is -0.390 e. The van der Waals surface area contributed by atoms with Gasteiger partial charge in [-0.15, -0.1) is 0 Å². The van der Waals surface area contributed by atoms with Crippen molar-refractivity contribution in [1.82, 2.24) is 9.80 Å². The van der Waals surface area contributed by atoms with Gasteiger partial charge in [0.15, 0.2) is 0 Å². The van der Waals surface area contributed by atoms with Crippen molar-refractivity contribution in [2.75, 3.05) is 46.4 Å². The molecule has 0 aromatic heterocycles. The van der Waals surface area contributed by atoms with E-state index in [1.54, 1.807) is 11.9 Å². The number of benzene rings is 1. The highest BCUT2D eigenvalue weighted by Gasteiger charge is 2.24. The molecule has 1 aromatic carbocycles. The van der Waals surface area contributed by atoms with Gasteiger partial charge in [0, 0.05) is 38.8 Å². The molecule has 5 nitrogen and oxygen atoms in total. The Bertz CT molecular complexity index is 548. The smallest absolute Gasteiger partial charge is 0.253 e. The van der Waals surface area contributed by atoms with Crippen LogP contribution in [0.25, 0.3) is 0 Å². The number of nitrogens with zero attached hydrogens (tertiary/aromatic N) is 2. The van der Waals surface area contributed by atoms with E-state index in [2.05, 4.69) is 25.7 Å². The standard InChI is InChI=1S/C19H30N2O3/c1-19(2,3)17-8-6-5-7-16(17)18(23)20(4)13-15(22)14-21-9-11-24-12-10-21/h5-8,15,22H,9-14H2,1-4H3. The highest BCUT2D eigenvalue weighted by Crippen LogP contribution is 2.26. The van der Waals surface area contributed by atoms with Crippen molar-refractivity contribution in [1.29, 1.82) is 0 Å². The predicted molar refractivity (Wildman–Crippen MR) is 95.4 cm³/mol. The molecule has 1 aliphatic heterocycles. The molecule has 1 N–H and O–H groups in total. The van der Waals surface area contributed by atoms with Gasteiger partial charge in [-0.3, -0.25) is 9.69 Å². The highest BCUT2D eigenvalue weighted by molar-refractivity contribution is 5.95. The van der Waals surface area contributed by atoms with Gasteiger partial charge in [0.2, 0.25) is 0 Å². The number of hydrogen-bond donors (Lipinski definition) is 1. The van der Waals surface area contributed by atoms with Crippen LogP contribution in [0.1, 0.15) is 36.7 Å². The average molecular weight is 334 g/mol. The Morgan fingerprint density at radius 2 is 1.92 bits per heavy atom. The minimum absolute atomic E-state index is 0.0402. The maximum absolute atomic E-state index is 12.8. The molecule has 1 aliphatic rings. The summed E-state index contributed by atoms with van der Waals surface area (Å²) in [7, 11) is 1.75. The molecule has 0 spiro atoms. The second kappa shape index (κ2) is 8.10. The summed E-state index contributed by atoms with van der Waals surface area (Å²) in [5.74, 6) is -0.0402. The van der Waals surface area contributed by atoms with Crippen molar-refractivity contribution in [2.45, 2.75) is 32.3 Å². The molecule has 0 aliphatic carbocycles. The van der Waals surface area contributed by atoms with Crippen LogP contribution >= 0.6 is 0 Å². The lowest BCUT2D eigenvalue weighted by molar-refractivity contribution is 0.00877. The lowest BCUT2D eigenvalue weighted by atomic mass is 9.83. The number of hydrogen-bond acceptors (Lipinski definition) is 4. The lowest BCUT2D eigenvalue weighted by Crippen LogP contribution is -2.45. The van der Waals surface area contributed by atoms with Gasteiger partial charge in [0.25, 0.3) is 5.91 Å². The topological polar surface area (TPSA) is 53.0 Å². The predicted octanol–water partition coefficient (Wildman–Crippen LogP) is 1.75. The van der Waals surface area contributed by atoms with Gasteiger partial charge in [0.05, 0.1) is 19.3 Å². The third-order valence-corrected chi connectivity index (χ3v) is 4.37. The number of rotatable bonds is 5. The fraction of sp³-hybridized carbons (Fsp3) is 0.632. The molecular formula is C19H30N2O3. The van der Waals surface area contributed by atoms with E-state index in [0.717, 1.165) is 18.7 Å². The molecule has 5 heteroatoms. The first kappa shape index (κ1) is 18.9. The van der Waals surface area contributed by atoms with Crippen LogP contribution in [0.3, 0.4) is 0 Å². The van der Waals surface area contributed by atoms with Gasteiger partial charge >= 0.3 is 0 Å². The molecule has 0 saturated carbocycles. The molecule has 1 amide bonds. The normalized spacial score (nSPS) is 17.5. The number of carbonyl (C=O) groups is 1. The molecular weight excluding hydrogens is 304 g/mol. The second-order valence-corrected chi connectivity index (χ2v) is 7.55. The van der Waals surface area contributed by atoms with E-state index in [1.807, 2.05) is 24.3 Å². The first-order chi connectivity index (χ1) is 11.3. The van der Waals surface area contributed by atoms with Crippen molar-refractivity contribution >= 4 is 5.91 Å². The van der Waals surface area contributed by atoms with Crippen molar-refractivity contribution in [2.24, 2.45) is 0 Å². The fourth-order valence-corrected chi connectivity index (χ4v) is 3.07. The van der Waals surface area contributed by atoms with E-state index in [-0.39, 0.29) is 11.3 Å². The zero-order valence-corrected chi connectivity index (χ0v) is 15.3. The number of likely N-dealkylation sites (N-methyl/N-ethyl adjacent to an activating group) is 1. The quantitative estimate of drug-likeness (QED) is 0.891. The number of carbonyl (C=O) groups excluding carboxylic acids is 1. The maximum Gasteiger partial charge on any atom is 0.253 e. The molecule has 1 aromatic rings. The van der Waals surface area contributed by atoms with Crippen molar-refractivity contribution in [3.63, 3.8) is 0 Å². The van der Waals surface area contributed by atoms with E-state index in [9.17, 15) is 9.90 Å². The zero-order valence-electron chi connectivity index (χ0n) is 15.3. The summed E-state index contributed by atoms with van der Waals surface area (Å²) in [5, 5.41) is 10.3. The van der Waals surface area contributed by atoms with Crippen LogP contribution in [0.2, 0.25) is 0 Å². The summed E-state index contributed by atoms with van der Waals surface area (Å²) in [6.07, 6.45) is -0.557. The SMILES string of the molecule is CN(CC(O)CN1CCOCC1)C(=O)c1ccccc1C(C)(C)C. The number of aliphatic hydroxyl groups excluding tert-OH is 1. The van der Waals surface area contributed by atoms with Gasteiger partial charge in [-0.2, -0.15) is 0 Å². The first-order valence-electron chi connectivity index (χ1n) is 8.62. The van der Waals surface area contributed by atoms with Gasteiger partial charge in [-0.05, 0) is 17.0 Å². The van der Waals surface area contributed by atoms with Crippen LogP contribution in [0, 0.1) is 0 Å². The second-order valence-electron chi connectivity index (χ2n) is 7.55. The fourth-order valence-electron chi connectivity index (χ4n) is 3.07. The third kappa shape index (κ3) is 5.03. The third-order valence-electron chi connectivity index (χ3n) is 4.37. The summed E-state index contributed by atoms with van der Waals surface area (Å²) in [6, 6.07) is 7.73.